The molecule has 1 aliphatic rings. The van der Waals surface area contributed by atoms with Crippen LogP contribution in [0.3, 0.4) is 0 Å². The van der Waals surface area contributed by atoms with Crippen LogP contribution in [-0.4, -0.2) is 38.6 Å². The maximum Gasteiger partial charge on any atom is 0.164 e. The fourth-order valence-corrected chi connectivity index (χ4v) is 2.49. The molecule has 0 aromatic heterocycles. The molecule has 0 aliphatic carbocycles. The molecule has 0 radical (unpaired) electrons. The van der Waals surface area contributed by atoms with Gasteiger partial charge in [0, 0.05) is 25.1 Å². The number of hydrogen-bond donors (Lipinski definition) is 1. The lowest BCUT2D eigenvalue weighted by Gasteiger charge is -2.35. The van der Waals surface area contributed by atoms with E-state index in [2.05, 4.69) is 24.1 Å². The van der Waals surface area contributed by atoms with E-state index in [1.54, 1.807) is 0 Å². The van der Waals surface area contributed by atoms with Gasteiger partial charge in [-0.2, -0.15) is 0 Å². The molecule has 0 spiro atoms. The summed E-state index contributed by atoms with van der Waals surface area (Å²) >= 11 is 0. The number of carbonyl (C=O) groups excluding carboxylic acids is 1. The van der Waals surface area contributed by atoms with E-state index in [1.807, 2.05) is 25.2 Å². The van der Waals surface area contributed by atoms with E-state index in [9.17, 15) is 4.79 Å². The first-order valence-corrected chi connectivity index (χ1v) is 7.43. The van der Waals surface area contributed by atoms with E-state index >= 15 is 0 Å². The van der Waals surface area contributed by atoms with Crippen LogP contribution in [-0.2, 0) is 0 Å². The first-order chi connectivity index (χ1) is 9.69. The highest BCUT2D eigenvalue weighted by molar-refractivity contribution is 5.97. The standard InChI is InChI=1S/C16H24N2O2/c1-4-13-11-18(5-2)14-10-12(6-7-16(14)20-13)15(19)8-9-17-3/h6-7,10,13,17H,4-5,8-9,11H2,1-3H3. The normalized spacial score (nSPS) is 17.6. The van der Waals surface area contributed by atoms with Crippen molar-refractivity contribution < 1.29 is 9.53 Å². The first-order valence-electron chi connectivity index (χ1n) is 7.43. The average molecular weight is 276 g/mol. The Balaban J connectivity index is 2.23. The quantitative estimate of drug-likeness (QED) is 0.811. The maximum atomic E-state index is 12.1. The van der Waals surface area contributed by atoms with Crippen molar-refractivity contribution in [3.05, 3.63) is 23.8 Å². The van der Waals surface area contributed by atoms with Crippen LogP contribution in [0.2, 0.25) is 0 Å². The molecule has 110 valence electrons. The first kappa shape index (κ1) is 14.9. The Morgan fingerprint density at radius 3 is 2.90 bits per heavy atom. The summed E-state index contributed by atoms with van der Waals surface area (Å²) in [6.07, 6.45) is 1.77. The third-order valence-electron chi connectivity index (χ3n) is 3.78. The molecule has 1 atom stereocenters. The van der Waals surface area contributed by atoms with Crippen LogP contribution in [0.25, 0.3) is 0 Å². The zero-order chi connectivity index (χ0) is 14.5. The minimum atomic E-state index is 0.177. The van der Waals surface area contributed by atoms with Crippen LogP contribution in [0, 0.1) is 0 Å². The second-order valence-electron chi connectivity index (χ2n) is 5.15. The molecular formula is C16H24N2O2. The molecule has 0 fully saturated rings. The minimum Gasteiger partial charge on any atom is -0.486 e. The van der Waals surface area contributed by atoms with Crippen molar-refractivity contribution in [1.29, 1.82) is 0 Å². The molecule has 1 aromatic carbocycles. The molecule has 1 aliphatic heterocycles. The predicted octanol–water partition coefficient (Wildman–Crippen LogP) is 2.48. The molecule has 2 rings (SSSR count). The number of fused-ring (bicyclic) bond motifs is 1. The SMILES string of the molecule is CCC1CN(CC)c2cc(C(=O)CCNC)ccc2O1. The monoisotopic (exact) mass is 276 g/mol. The van der Waals surface area contributed by atoms with Gasteiger partial charge in [0.2, 0.25) is 0 Å². The van der Waals surface area contributed by atoms with Crippen LogP contribution in [0.15, 0.2) is 18.2 Å². The van der Waals surface area contributed by atoms with Gasteiger partial charge in [-0.3, -0.25) is 4.79 Å². The summed E-state index contributed by atoms with van der Waals surface area (Å²) in [5.74, 6) is 1.07. The molecule has 4 heteroatoms. The maximum absolute atomic E-state index is 12.1. The zero-order valence-corrected chi connectivity index (χ0v) is 12.6. The minimum absolute atomic E-state index is 0.177. The summed E-state index contributed by atoms with van der Waals surface area (Å²) in [5, 5.41) is 3.01. The summed E-state index contributed by atoms with van der Waals surface area (Å²) in [6, 6.07) is 5.79. The summed E-state index contributed by atoms with van der Waals surface area (Å²) in [4.78, 5) is 14.4. The molecule has 1 aromatic rings. The van der Waals surface area contributed by atoms with Gasteiger partial charge in [0.25, 0.3) is 0 Å². The van der Waals surface area contributed by atoms with Gasteiger partial charge in [0.15, 0.2) is 5.78 Å². The molecular weight excluding hydrogens is 252 g/mol. The van der Waals surface area contributed by atoms with Crippen molar-refractivity contribution >= 4 is 11.5 Å². The van der Waals surface area contributed by atoms with Crippen LogP contribution >= 0.6 is 0 Å². The van der Waals surface area contributed by atoms with Crippen molar-refractivity contribution in [3.8, 4) is 5.75 Å². The molecule has 4 nitrogen and oxygen atoms in total. The number of rotatable bonds is 6. The number of Topliss-reactive ketones (excluding diaryl/α,β-unsaturated/α-hetero) is 1. The lowest BCUT2D eigenvalue weighted by atomic mass is 10.0. The topological polar surface area (TPSA) is 41.6 Å². The van der Waals surface area contributed by atoms with Crippen LogP contribution in [0.4, 0.5) is 5.69 Å². The number of likely N-dealkylation sites (N-methyl/N-ethyl adjacent to an activating group) is 1. The molecule has 0 saturated heterocycles. The Hall–Kier alpha value is -1.55. The average Bonchev–Trinajstić information content (AvgIpc) is 2.50. The highest BCUT2D eigenvalue weighted by Gasteiger charge is 2.24. The van der Waals surface area contributed by atoms with Gasteiger partial charge in [0.05, 0.1) is 12.2 Å². The number of ether oxygens (including phenoxy) is 1. The Morgan fingerprint density at radius 1 is 1.45 bits per heavy atom. The number of nitrogens with one attached hydrogen (secondary N) is 1. The summed E-state index contributed by atoms with van der Waals surface area (Å²) in [7, 11) is 1.86. The number of ketones is 1. The second-order valence-corrected chi connectivity index (χ2v) is 5.15. The van der Waals surface area contributed by atoms with Gasteiger partial charge in [-0.05, 0) is 38.6 Å². The molecule has 0 amide bonds. The van der Waals surface area contributed by atoms with Crippen molar-refractivity contribution in [2.24, 2.45) is 0 Å². The highest BCUT2D eigenvalue weighted by Crippen LogP contribution is 2.35. The fourth-order valence-electron chi connectivity index (χ4n) is 2.49. The van der Waals surface area contributed by atoms with Crippen LogP contribution in [0.1, 0.15) is 37.0 Å². The van der Waals surface area contributed by atoms with E-state index in [0.29, 0.717) is 13.0 Å². The number of anilines is 1. The molecule has 1 heterocycles. The van der Waals surface area contributed by atoms with Crippen molar-refractivity contribution in [1.82, 2.24) is 5.32 Å². The third kappa shape index (κ3) is 3.12. The summed E-state index contributed by atoms with van der Waals surface area (Å²) in [6.45, 7) is 6.81. The van der Waals surface area contributed by atoms with Crippen LogP contribution in [0.5, 0.6) is 5.75 Å². The predicted molar refractivity (Wildman–Crippen MR) is 81.9 cm³/mol. The van der Waals surface area contributed by atoms with Gasteiger partial charge in [-0.1, -0.05) is 6.92 Å². The van der Waals surface area contributed by atoms with Gasteiger partial charge in [-0.15, -0.1) is 0 Å². The highest BCUT2D eigenvalue weighted by atomic mass is 16.5. The van der Waals surface area contributed by atoms with Crippen molar-refractivity contribution in [2.75, 3.05) is 31.6 Å². The lowest BCUT2D eigenvalue weighted by Crippen LogP contribution is -2.39. The molecule has 0 bridgehead atoms. The van der Waals surface area contributed by atoms with E-state index < -0.39 is 0 Å². The Labute approximate surface area is 121 Å². The summed E-state index contributed by atoms with van der Waals surface area (Å²) in [5.41, 5.74) is 1.82. The largest absolute Gasteiger partial charge is 0.486 e. The van der Waals surface area contributed by atoms with Crippen molar-refractivity contribution in [3.63, 3.8) is 0 Å². The zero-order valence-electron chi connectivity index (χ0n) is 12.6. The van der Waals surface area contributed by atoms with E-state index in [0.717, 1.165) is 36.5 Å². The van der Waals surface area contributed by atoms with Gasteiger partial charge in [-0.25, -0.2) is 0 Å². The Morgan fingerprint density at radius 2 is 2.25 bits per heavy atom. The van der Waals surface area contributed by atoms with Gasteiger partial charge >= 0.3 is 0 Å². The Kier molecular flexibility index (Phi) is 5.01. The van der Waals surface area contributed by atoms with Crippen LogP contribution < -0.4 is 15.0 Å². The van der Waals surface area contributed by atoms with Gasteiger partial charge in [0.1, 0.15) is 11.9 Å². The molecule has 0 saturated carbocycles. The van der Waals surface area contributed by atoms with E-state index in [4.69, 9.17) is 4.74 Å². The number of nitrogens with zero attached hydrogens (tertiary/aromatic N) is 1. The lowest BCUT2D eigenvalue weighted by molar-refractivity contribution is 0.0983. The number of hydrogen-bond acceptors (Lipinski definition) is 4. The molecule has 20 heavy (non-hydrogen) atoms. The Bertz CT molecular complexity index is 474. The summed E-state index contributed by atoms with van der Waals surface area (Å²) < 4.78 is 5.96. The fraction of sp³-hybridized carbons (Fsp3) is 0.562. The van der Waals surface area contributed by atoms with E-state index in [-0.39, 0.29) is 11.9 Å². The second kappa shape index (κ2) is 6.75. The number of carbonyl (C=O) groups is 1. The third-order valence-corrected chi connectivity index (χ3v) is 3.78. The smallest absolute Gasteiger partial charge is 0.164 e. The van der Waals surface area contributed by atoms with E-state index in [1.165, 1.54) is 0 Å². The number of benzene rings is 1. The molecule has 1 N–H and O–H groups in total. The van der Waals surface area contributed by atoms with Crippen molar-refractivity contribution in [2.45, 2.75) is 32.8 Å². The molecule has 1 unspecified atom stereocenters. The van der Waals surface area contributed by atoms with Gasteiger partial charge < -0.3 is 15.0 Å².